The second kappa shape index (κ2) is 12.4. The summed E-state index contributed by atoms with van der Waals surface area (Å²) < 4.78 is 15.4. The summed E-state index contributed by atoms with van der Waals surface area (Å²) in [6.07, 6.45) is 5.06. The van der Waals surface area contributed by atoms with Crippen LogP contribution < -0.4 is 5.32 Å². The molecule has 1 fully saturated rings. The van der Waals surface area contributed by atoms with Crippen LogP contribution in [0.4, 0.5) is 0 Å². The summed E-state index contributed by atoms with van der Waals surface area (Å²) in [4.78, 5) is 37.7. The molecule has 1 aliphatic heterocycles. The number of hydrogen-bond acceptors (Lipinski definition) is 7. The van der Waals surface area contributed by atoms with Crippen LogP contribution in [0.1, 0.15) is 70.8 Å². The molecule has 4 heterocycles. The fraction of sp³-hybridized carbons (Fsp3) is 0.613. The van der Waals surface area contributed by atoms with E-state index in [0.717, 1.165) is 39.9 Å². The lowest BCUT2D eigenvalue weighted by Crippen LogP contribution is -2.66. The predicted molar refractivity (Wildman–Crippen MR) is 175 cm³/mol. The van der Waals surface area contributed by atoms with Gasteiger partial charge in [-0.3, -0.25) is 19.0 Å². The van der Waals surface area contributed by atoms with Crippen molar-refractivity contribution in [2.45, 2.75) is 110 Å². The lowest BCUT2D eigenvalue weighted by molar-refractivity contribution is -0.141. The average Bonchev–Trinajstić information content (AvgIpc) is 3.51. The van der Waals surface area contributed by atoms with Gasteiger partial charge < -0.3 is 14.2 Å². The number of imidazole rings is 1. The molecule has 0 bridgehead atoms. The van der Waals surface area contributed by atoms with Crippen molar-refractivity contribution < 1.29 is 18.4 Å². The Morgan fingerprint density at radius 1 is 1.17 bits per heavy atom. The normalized spacial score (nSPS) is 19.4. The number of carbonyl (C=O) groups is 2. The Morgan fingerprint density at radius 2 is 1.83 bits per heavy atom. The number of fused-ring (bicyclic) bond motifs is 1. The number of rotatable bonds is 13. The van der Waals surface area contributed by atoms with Gasteiger partial charge >= 0.3 is 0 Å². The number of carbonyl (C=O) groups excluding carboxylic acids is 2. The highest BCUT2D eigenvalue weighted by Crippen LogP contribution is 2.41. The largest absolute Gasteiger partial charge is 0.413 e. The van der Waals surface area contributed by atoms with Gasteiger partial charge in [-0.25, -0.2) is 4.98 Å². The number of β-lactam (4-membered cyclic amide) rings is 1. The molecule has 1 saturated heterocycles. The molecule has 1 aliphatic rings. The molecule has 4 atom stereocenters. The third-order valence-corrected chi connectivity index (χ3v) is 20.2. The maximum absolute atomic E-state index is 14.3. The van der Waals surface area contributed by atoms with Crippen molar-refractivity contribution >= 4 is 44.5 Å². The smallest absolute Gasteiger partial charge is 0.228 e. The Kier molecular flexibility index (Phi) is 9.69. The number of Topliss-reactive ketones (excluding diaryl/α,β-unsaturated/α-hetero) is 1. The summed E-state index contributed by atoms with van der Waals surface area (Å²) in [5.41, 5.74) is 2.55. The molecule has 230 valence electrons. The van der Waals surface area contributed by atoms with Crippen LogP contribution >= 0.6 is 11.3 Å². The quantitative estimate of drug-likeness (QED) is 0.121. The van der Waals surface area contributed by atoms with Crippen molar-refractivity contribution in [3.8, 4) is 11.3 Å². The minimum atomic E-state index is -2.09. The van der Waals surface area contributed by atoms with Gasteiger partial charge in [-0.1, -0.05) is 48.5 Å². The second-order valence-electron chi connectivity index (χ2n) is 13.2. The van der Waals surface area contributed by atoms with E-state index >= 15 is 0 Å². The number of pyridine rings is 1. The first-order valence-electron chi connectivity index (χ1n) is 15.3. The van der Waals surface area contributed by atoms with E-state index in [2.05, 4.69) is 64.9 Å². The van der Waals surface area contributed by atoms with Gasteiger partial charge in [0.15, 0.2) is 22.4 Å². The first-order valence-corrected chi connectivity index (χ1v) is 21.5. The molecular weight excluding hydrogens is 581 g/mol. The Labute approximate surface area is 256 Å². The molecule has 8 nitrogen and oxygen atoms in total. The molecule has 0 radical (unpaired) electrons. The number of nitrogens with zero attached hydrogens (tertiary/aromatic N) is 3. The molecule has 1 unspecified atom stereocenters. The van der Waals surface area contributed by atoms with Crippen LogP contribution in [0.15, 0.2) is 30.9 Å². The zero-order chi connectivity index (χ0) is 31.0. The average molecular weight is 629 g/mol. The van der Waals surface area contributed by atoms with E-state index in [1.54, 1.807) is 18.7 Å². The summed E-state index contributed by atoms with van der Waals surface area (Å²) in [5, 5.41) is 3.07. The Hall–Kier alpha value is -2.19. The number of thiazole rings is 1. The molecule has 3 aromatic rings. The van der Waals surface area contributed by atoms with Gasteiger partial charge in [0.1, 0.15) is 16.9 Å². The molecule has 0 saturated carbocycles. The molecular formula is C31H48N4O4SSi2. The first-order chi connectivity index (χ1) is 19.7. The van der Waals surface area contributed by atoms with Crippen LogP contribution in [-0.4, -0.2) is 54.8 Å². The highest BCUT2D eigenvalue weighted by Gasteiger charge is 2.51. The molecule has 0 aromatic carbocycles. The topological polar surface area (TPSA) is 94.8 Å². The van der Waals surface area contributed by atoms with E-state index in [1.807, 2.05) is 30.4 Å². The lowest BCUT2D eigenvalue weighted by atomic mass is 9.77. The van der Waals surface area contributed by atoms with Crippen molar-refractivity contribution in [3.05, 3.63) is 41.4 Å². The maximum Gasteiger partial charge on any atom is 0.228 e. The number of aromatic nitrogens is 3. The van der Waals surface area contributed by atoms with Crippen LogP contribution in [0.3, 0.4) is 0 Å². The third-order valence-electron chi connectivity index (χ3n) is 9.83. The summed E-state index contributed by atoms with van der Waals surface area (Å²) in [5.74, 6) is -0.801. The van der Waals surface area contributed by atoms with E-state index in [0.29, 0.717) is 11.5 Å². The lowest BCUT2D eigenvalue weighted by Gasteiger charge is -2.46. The van der Waals surface area contributed by atoms with Crippen molar-refractivity contribution in [2.24, 2.45) is 11.8 Å². The minimum Gasteiger partial charge on any atom is -0.413 e. The van der Waals surface area contributed by atoms with E-state index < -0.39 is 22.6 Å². The van der Waals surface area contributed by atoms with Crippen molar-refractivity contribution in [2.75, 3.05) is 0 Å². The highest BCUT2D eigenvalue weighted by molar-refractivity contribution is 7.20. The van der Waals surface area contributed by atoms with Crippen LogP contribution in [0, 0.1) is 11.8 Å². The zero-order valence-electron chi connectivity index (χ0n) is 26.9. The number of nitrogens with one attached hydrogen (secondary N) is 1. The van der Waals surface area contributed by atoms with Gasteiger partial charge in [-0.15, -0.1) is 11.3 Å². The van der Waals surface area contributed by atoms with Gasteiger partial charge in [0.2, 0.25) is 5.91 Å². The van der Waals surface area contributed by atoms with Crippen LogP contribution in [0.25, 0.3) is 16.1 Å². The summed E-state index contributed by atoms with van der Waals surface area (Å²) in [6.45, 7) is 21.9. The van der Waals surface area contributed by atoms with Crippen LogP contribution in [0.5, 0.6) is 0 Å². The minimum absolute atomic E-state index is 0.0192. The number of ketones is 1. The summed E-state index contributed by atoms with van der Waals surface area (Å²) in [7, 11) is -4.00. The maximum atomic E-state index is 14.3. The Bertz CT molecular complexity index is 1400. The van der Waals surface area contributed by atoms with E-state index in [1.165, 1.54) is 11.3 Å². The van der Waals surface area contributed by atoms with Gasteiger partial charge in [0, 0.05) is 23.9 Å². The fourth-order valence-corrected chi connectivity index (χ4v) is 10.9. The second-order valence-corrected chi connectivity index (χ2v) is 23.7. The van der Waals surface area contributed by atoms with E-state index in [4.69, 9.17) is 13.8 Å². The Morgan fingerprint density at radius 3 is 2.38 bits per heavy atom. The molecule has 0 aliphatic carbocycles. The third kappa shape index (κ3) is 6.08. The van der Waals surface area contributed by atoms with Crippen molar-refractivity contribution in [3.63, 3.8) is 0 Å². The molecule has 3 aromatic heterocycles. The molecule has 42 heavy (non-hydrogen) atoms. The molecule has 11 heteroatoms. The Balaban J connectivity index is 1.68. The van der Waals surface area contributed by atoms with Crippen LogP contribution in [-0.2, 0) is 20.3 Å². The van der Waals surface area contributed by atoms with Crippen molar-refractivity contribution in [1.29, 1.82) is 0 Å². The summed E-state index contributed by atoms with van der Waals surface area (Å²) in [6, 6.07) is 6.67. The van der Waals surface area contributed by atoms with Gasteiger partial charge in [0.25, 0.3) is 0 Å². The van der Waals surface area contributed by atoms with Gasteiger partial charge in [-0.05, 0) is 55.3 Å². The number of hydrogen-bond donors (Lipinski definition) is 1. The molecule has 0 spiro atoms. The van der Waals surface area contributed by atoms with Crippen molar-refractivity contribution in [1.82, 2.24) is 19.7 Å². The molecule has 1 N–H and O–H groups in total. The fourth-order valence-electron chi connectivity index (χ4n) is 5.64. The monoisotopic (exact) mass is 628 g/mol. The standard InChI is InChI=1S/C31H48N4O4SSi2/c1-11-42(12-2,13-3)38-18-23-28(40-30-26(33-19-35(23)30)22-15-14-16-32-17-22)27(36)20(4)25-24(29(37)34-25)21(5)39-41(9,10)31(6,7)8/h14-17,19-21,24-25H,11-13,18H2,1-10H3,(H,34,37)/t20?,21-,24-,25-/m1/s1. The van der Waals surface area contributed by atoms with E-state index in [-0.39, 0.29) is 34.8 Å². The zero-order valence-corrected chi connectivity index (χ0v) is 29.7. The highest BCUT2D eigenvalue weighted by atomic mass is 32.1. The van der Waals surface area contributed by atoms with E-state index in [9.17, 15) is 9.59 Å². The van der Waals surface area contributed by atoms with Gasteiger partial charge in [0.05, 0.1) is 35.2 Å². The SMILES string of the molecule is CC[Si](CC)(CC)OCc1c(C(=O)C(C)[C@H]2NC(=O)[C@@H]2[C@@H](C)O[Si](C)(C)C(C)(C)C)sc2c(-c3cccnc3)ncn12. The summed E-state index contributed by atoms with van der Waals surface area (Å²) >= 11 is 1.46. The molecule has 4 rings (SSSR count). The van der Waals surface area contributed by atoms with Gasteiger partial charge in [-0.2, -0.15) is 0 Å². The predicted octanol–water partition coefficient (Wildman–Crippen LogP) is 7.32. The van der Waals surface area contributed by atoms with Crippen LogP contribution in [0.2, 0.25) is 36.3 Å². The molecule has 1 amide bonds. The number of amides is 1. The first kappa shape index (κ1) is 32.7.